The highest BCUT2D eigenvalue weighted by atomic mass is 35.5. The summed E-state index contributed by atoms with van der Waals surface area (Å²) in [6.45, 7) is 0.746. The minimum absolute atomic E-state index is 0.123. The molecule has 27 heavy (non-hydrogen) atoms. The van der Waals surface area contributed by atoms with Gasteiger partial charge in [0.15, 0.2) is 0 Å². The van der Waals surface area contributed by atoms with E-state index in [4.69, 9.17) is 11.6 Å². The first-order valence-corrected chi connectivity index (χ1v) is 8.93. The molecule has 2 aliphatic rings. The fraction of sp³-hybridized carbons (Fsp3) is 0.211. The van der Waals surface area contributed by atoms with Crippen LogP contribution in [0.4, 0.5) is 16.2 Å². The third-order valence-electron chi connectivity index (χ3n) is 4.73. The van der Waals surface area contributed by atoms with Crippen molar-refractivity contribution in [1.29, 1.82) is 0 Å². The summed E-state index contributed by atoms with van der Waals surface area (Å²) in [4.78, 5) is 41.2. The number of hydrogen-bond acceptors (Lipinski definition) is 3. The van der Waals surface area contributed by atoms with Gasteiger partial charge in [-0.3, -0.25) is 9.59 Å². The van der Waals surface area contributed by atoms with Crippen molar-refractivity contribution >= 4 is 40.8 Å². The summed E-state index contributed by atoms with van der Waals surface area (Å²) in [7, 11) is 0. The summed E-state index contributed by atoms with van der Waals surface area (Å²) in [5, 5.41) is 6.00. The zero-order valence-corrected chi connectivity index (χ0v) is 15.1. The van der Waals surface area contributed by atoms with Crippen LogP contribution in [-0.4, -0.2) is 53.3 Å². The number of rotatable bonds is 1. The predicted molar refractivity (Wildman–Crippen MR) is 102 cm³/mol. The second kappa shape index (κ2) is 6.92. The number of nitrogens with zero attached hydrogens (tertiary/aromatic N) is 2. The number of urea groups is 1. The van der Waals surface area contributed by atoms with Crippen LogP contribution in [0, 0.1) is 0 Å². The van der Waals surface area contributed by atoms with Gasteiger partial charge in [0.05, 0.1) is 17.8 Å². The summed E-state index contributed by atoms with van der Waals surface area (Å²) < 4.78 is 0. The molecule has 0 saturated carbocycles. The van der Waals surface area contributed by atoms with Crippen molar-refractivity contribution in [3.8, 4) is 0 Å². The molecule has 0 aliphatic carbocycles. The Bertz CT molecular complexity index is 918. The Labute approximate surface area is 160 Å². The second-order valence-corrected chi connectivity index (χ2v) is 6.87. The van der Waals surface area contributed by atoms with Gasteiger partial charge in [-0.15, -0.1) is 0 Å². The van der Waals surface area contributed by atoms with E-state index in [0.717, 1.165) is 0 Å². The quantitative estimate of drug-likeness (QED) is 0.793. The largest absolute Gasteiger partial charge is 0.323 e. The maximum Gasteiger partial charge on any atom is 0.321 e. The molecule has 2 aromatic rings. The lowest BCUT2D eigenvalue weighted by Gasteiger charge is -2.39. The summed E-state index contributed by atoms with van der Waals surface area (Å²) >= 11 is 5.98. The average molecular weight is 385 g/mol. The summed E-state index contributed by atoms with van der Waals surface area (Å²) in [5.74, 6) is -0.574. The lowest BCUT2D eigenvalue weighted by atomic mass is 10.1. The SMILES string of the molecule is O=C1Nc2cc(Cl)ccc2C(=O)N2CCN(C(=O)Nc3ccccc3)CC12. The van der Waals surface area contributed by atoms with E-state index in [1.54, 1.807) is 35.2 Å². The van der Waals surface area contributed by atoms with E-state index in [0.29, 0.717) is 28.5 Å². The molecule has 8 heteroatoms. The summed E-state index contributed by atoms with van der Waals surface area (Å²) in [6.07, 6.45) is 0. The number of carbonyl (C=O) groups excluding carboxylic acids is 3. The molecule has 1 unspecified atom stereocenters. The molecule has 7 nitrogen and oxygen atoms in total. The van der Waals surface area contributed by atoms with E-state index in [2.05, 4.69) is 10.6 Å². The number of carbonyl (C=O) groups is 3. The topological polar surface area (TPSA) is 81.8 Å². The van der Waals surface area contributed by atoms with Gasteiger partial charge < -0.3 is 20.4 Å². The molecule has 1 atom stereocenters. The van der Waals surface area contributed by atoms with E-state index >= 15 is 0 Å². The van der Waals surface area contributed by atoms with E-state index in [9.17, 15) is 14.4 Å². The first-order valence-electron chi connectivity index (χ1n) is 8.55. The molecular weight excluding hydrogens is 368 g/mol. The predicted octanol–water partition coefficient (Wildman–Crippen LogP) is 2.65. The second-order valence-electron chi connectivity index (χ2n) is 6.44. The minimum atomic E-state index is -0.751. The van der Waals surface area contributed by atoms with Gasteiger partial charge >= 0.3 is 6.03 Å². The van der Waals surface area contributed by atoms with Crippen molar-refractivity contribution in [1.82, 2.24) is 9.80 Å². The van der Waals surface area contributed by atoms with Gasteiger partial charge in [-0.25, -0.2) is 4.79 Å². The summed E-state index contributed by atoms with van der Waals surface area (Å²) in [5.41, 5.74) is 1.47. The molecule has 0 spiro atoms. The van der Waals surface area contributed by atoms with Crippen molar-refractivity contribution in [2.45, 2.75) is 6.04 Å². The van der Waals surface area contributed by atoms with Crippen LogP contribution < -0.4 is 10.6 Å². The Kier molecular flexibility index (Phi) is 4.45. The van der Waals surface area contributed by atoms with Gasteiger partial charge in [-0.1, -0.05) is 29.8 Å². The first kappa shape index (κ1) is 17.4. The number of fused-ring (bicyclic) bond motifs is 2. The van der Waals surface area contributed by atoms with Gasteiger partial charge in [-0.2, -0.15) is 0 Å². The van der Waals surface area contributed by atoms with Crippen LogP contribution in [0.1, 0.15) is 10.4 Å². The van der Waals surface area contributed by atoms with Gasteiger partial charge in [0, 0.05) is 23.8 Å². The Morgan fingerprint density at radius 2 is 1.89 bits per heavy atom. The van der Waals surface area contributed by atoms with Crippen LogP contribution in [0.15, 0.2) is 48.5 Å². The zero-order valence-electron chi connectivity index (χ0n) is 14.3. The maximum absolute atomic E-state index is 12.9. The van der Waals surface area contributed by atoms with Crippen LogP contribution in [0.5, 0.6) is 0 Å². The van der Waals surface area contributed by atoms with Gasteiger partial charge in [-0.05, 0) is 30.3 Å². The third kappa shape index (κ3) is 3.33. The fourth-order valence-electron chi connectivity index (χ4n) is 3.34. The number of anilines is 2. The molecule has 1 saturated heterocycles. The Morgan fingerprint density at radius 1 is 1.11 bits per heavy atom. The van der Waals surface area contributed by atoms with Crippen LogP contribution in [0.25, 0.3) is 0 Å². The number of hydrogen-bond donors (Lipinski definition) is 2. The molecule has 4 amide bonds. The highest BCUT2D eigenvalue weighted by molar-refractivity contribution is 6.31. The van der Waals surface area contributed by atoms with Gasteiger partial charge in [0.25, 0.3) is 5.91 Å². The van der Waals surface area contributed by atoms with Crippen LogP contribution in [0.3, 0.4) is 0 Å². The minimum Gasteiger partial charge on any atom is -0.323 e. The molecule has 2 aliphatic heterocycles. The number of nitrogens with one attached hydrogen (secondary N) is 2. The van der Waals surface area contributed by atoms with Crippen molar-refractivity contribution in [3.63, 3.8) is 0 Å². The Hall–Kier alpha value is -3.06. The number of benzene rings is 2. The Morgan fingerprint density at radius 3 is 2.67 bits per heavy atom. The number of piperazine rings is 1. The fourth-order valence-corrected chi connectivity index (χ4v) is 3.51. The van der Waals surface area contributed by atoms with Crippen molar-refractivity contribution in [3.05, 3.63) is 59.1 Å². The lowest BCUT2D eigenvalue weighted by molar-refractivity contribution is -0.121. The van der Waals surface area contributed by atoms with Crippen LogP contribution in [0.2, 0.25) is 5.02 Å². The van der Waals surface area contributed by atoms with Crippen molar-refractivity contribution in [2.24, 2.45) is 0 Å². The van der Waals surface area contributed by atoms with Gasteiger partial charge in [0.1, 0.15) is 6.04 Å². The van der Waals surface area contributed by atoms with E-state index < -0.39 is 6.04 Å². The molecule has 2 heterocycles. The molecule has 0 radical (unpaired) electrons. The molecule has 4 rings (SSSR count). The molecule has 1 fully saturated rings. The van der Waals surface area contributed by atoms with Crippen LogP contribution >= 0.6 is 11.6 Å². The van der Waals surface area contributed by atoms with Crippen molar-refractivity contribution < 1.29 is 14.4 Å². The highest BCUT2D eigenvalue weighted by Crippen LogP contribution is 2.28. The standard InChI is InChI=1S/C19H17ClN4O3/c20-12-6-7-14-15(10-12)22-17(25)16-11-23(8-9-24(16)18(14)26)19(27)21-13-4-2-1-3-5-13/h1-7,10,16H,8-9,11H2,(H,21,27)(H,22,25). The van der Waals surface area contributed by atoms with Crippen molar-refractivity contribution in [2.75, 3.05) is 30.3 Å². The maximum atomic E-state index is 12.9. The van der Waals surface area contributed by atoms with E-state index in [1.165, 1.54) is 4.90 Å². The van der Waals surface area contributed by atoms with E-state index in [-0.39, 0.29) is 30.9 Å². The average Bonchev–Trinajstić information content (AvgIpc) is 2.77. The smallest absolute Gasteiger partial charge is 0.321 e. The van der Waals surface area contributed by atoms with Crippen LogP contribution in [-0.2, 0) is 4.79 Å². The lowest BCUT2D eigenvalue weighted by Crippen LogP contribution is -2.60. The molecule has 0 bridgehead atoms. The molecular formula is C19H17ClN4O3. The Balaban J connectivity index is 1.54. The van der Waals surface area contributed by atoms with Gasteiger partial charge in [0.2, 0.25) is 5.91 Å². The first-order chi connectivity index (χ1) is 13.0. The third-order valence-corrected chi connectivity index (χ3v) is 4.96. The number of amides is 4. The zero-order chi connectivity index (χ0) is 19.0. The highest BCUT2D eigenvalue weighted by Gasteiger charge is 2.40. The molecule has 138 valence electrons. The number of para-hydroxylation sites is 1. The monoisotopic (exact) mass is 384 g/mol. The van der Waals surface area contributed by atoms with E-state index in [1.807, 2.05) is 18.2 Å². The number of halogens is 1. The summed E-state index contributed by atoms with van der Waals surface area (Å²) in [6, 6.07) is 12.8. The molecule has 0 aromatic heterocycles. The molecule has 2 N–H and O–H groups in total. The normalized spacial score (nSPS) is 18.9. The molecule has 2 aromatic carbocycles.